The van der Waals surface area contributed by atoms with Crippen LogP contribution in [-0.2, 0) is 23.9 Å². The fraction of sp³-hybridized carbons (Fsp3) is 0.783. The Morgan fingerprint density at radius 2 is 1.97 bits per heavy atom. The number of hydrogen-bond acceptors (Lipinski definition) is 6. The molecule has 6 nitrogen and oxygen atoms in total. The Labute approximate surface area is 171 Å². The topological polar surface area (TPSA) is 93.2 Å². The Morgan fingerprint density at radius 1 is 1.21 bits per heavy atom. The SMILES string of the molecule is CC(=O)OCC(=O)[C@]1(O)CC[C@@H]2[C@H]3CCC4=CC(=O)CC[C@]4(C)[C@@]34O[C@@H]4C[C@]21C. The number of epoxide rings is 1. The predicted molar refractivity (Wildman–Crippen MR) is 103 cm³/mol. The van der Waals surface area contributed by atoms with E-state index < -0.39 is 22.8 Å². The number of hydrogen-bond donors (Lipinski definition) is 1. The molecule has 5 rings (SSSR count). The summed E-state index contributed by atoms with van der Waals surface area (Å²) in [7, 11) is 0. The molecule has 4 aliphatic carbocycles. The number of Topliss-reactive ketones (excluding diaryl/α,β-unsaturated/α-hetero) is 1. The van der Waals surface area contributed by atoms with Crippen LogP contribution in [0.3, 0.4) is 0 Å². The summed E-state index contributed by atoms with van der Waals surface area (Å²) in [5, 5.41) is 11.5. The molecule has 5 aliphatic rings. The minimum atomic E-state index is -1.48. The quantitative estimate of drug-likeness (QED) is 0.576. The molecule has 29 heavy (non-hydrogen) atoms. The highest BCUT2D eigenvalue weighted by atomic mass is 16.6. The van der Waals surface area contributed by atoms with Crippen LogP contribution in [0.25, 0.3) is 0 Å². The molecule has 0 radical (unpaired) electrons. The number of ether oxygens (including phenoxy) is 2. The van der Waals surface area contributed by atoms with Gasteiger partial charge in [-0.15, -0.1) is 0 Å². The van der Waals surface area contributed by atoms with E-state index in [2.05, 4.69) is 6.92 Å². The molecule has 1 saturated heterocycles. The number of carbonyl (C=O) groups is 3. The van der Waals surface area contributed by atoms with Crippen LogP contribution in [0, 0.1) is 22.7 Å². The molecular formula is C23H30O6. The summed E-state index contributed by atoms with van der Waals surface area (Å²) in [6.07, 6.45) is 6.88. The van der Waals surface area contributed by atoms with Gasteiger partial charge in [-0.25, -0.2) is 0 Å². The molecule has 0 amide bonds. The van der Waals surface area contributed by atoms with Crippen molar-refractivity contribution in [2.45, 2.75) is 83.0 Å². The third kappa shape index (κ3) is 2.22. The van der Waals surface area contributed by atoms with E-state index in [4.69, 9.17) is 9.47 Å². The summed E-state index contributed by atoms with van der Waals surface area (Å²) in [5.74, 6) is -0.227. The number of esters is 1. The Bertz CT molecular complexity index is 846. The molecule has 0 aromatic rings. The molecule has 0 aromatic heterocycles. The Hall–Kier alpha value is -1.53. The van der Waals surface area contributed by atoms with E-state index in [1.165, 1.54) is 12.5 Å². The second-order valence-corrected chi connectivity index (χ2v) is 10.3. The van der Waals surface area contributed by atoms with Gasteiger partial charge in [0, 0.05) is 24.2 Å². The smallest absolute Gasteiger partial charge is 0.303 e. The normalized spacial score (nSPS) is 49.9. The average molecular weight is 402 g/mol. The Kier molecular flexibility index (Phi) is 3.88. The van der Waals surface area contributed by atoms with Crippen LogP contribution in [0.2, 0.25) is 0 Å². The zero-order valence-corrected chi connectivity index (χ0v) is 17.5. The van der Waals surface area contributed by atoms with E-state index >= 15 is 0 Å². The van der Waals surface area contributed by atoms with Crippen LogP contribution < -0.4 is 0 Å². The molecule has 7 atom stereocenters. The summed E-state index contributed by atoms with van der Waals surface area (Å²) in [4.78, 5) is 36.1. The lowest BCUT2D eigenvalue weighted by atomic mass is 9.46. The Morgan fingerprint density at radius 3 is 2.69 bits per heavy atom. The standard InChI is InChI=1S/C23H30O6/c1-13(24)28-12-18(26)22(27)9-7-16-17-5-4-14-10-15(25)6-8-20(14,2)23(17)19(29-23)11-21(16,22)3/h10,16-17,19,27H,4-9,11-12H2,1-3H3/t16-,17-,19-,20+,21-,22-,23-/m1/s1. The molecule has 0 bridgehead atoms. The zero-order chi connectivity index (χ0) is 20.8. The van der Waals surface area contributed by atoms with Crippen molar-refractivity contribution in [2.75, 3.05) is 6.61 Å². The minimum absolute atomic E-state index is 0.00167. The number of carbonyl (C=O) groups excluding carboxylic acids is 3. The number of fused-ring (bicyclic) bond motifs is 3. The van der Waals surface area contributed by atoms with Gasteiger partial charge in [0.05, 0.1) is 6.10 Å². The van der Waals surface area contributed by atoms with Gasteiger partial charge >= 0.3 is 5.97 Å². The molecule has 0 unspecified atom stereocenters. The maximum atomic E-state index is 12.9. The van der Waals surface area contributed by atoms with Crippen LogP contribution in [0.4, 0.5) is 0 Å². The van der Waals surface area contributed by atoms with E-state index in [0.29, 0.717) is 19.3 Å². The third-order valence-corrected chi connectivity index (χ3v) is 9.35. The summed E-state index contributed by atoms with van der Waals surface area (Å²) in [5.41, 5.74) is -1.22. The summed E-state index contributed by atoms with van der Waals surface area (Å²) in [6.45, 7) is 5.18. The van der Waals surface area contributed by atoms with Gasteiger partial charge in [0.25, 0.3) is 0 Å². The van der Waals surface area contributed by atoms with Crippen LogP contribution in [0.15, 0.2) is 11.6 Å². The number of ketones is 2. The van der Waals surface area contributed by atoms with E-state index in [0.717, 1.165) is 25.7 Å². The Balaban J connectivity index is 1.48. The molecule has 6 heteroatoms. The second-order valence-electron chi connectivity index (χ2n) is 10.3. The highest BCUT2D eigenvalue weighted by molar-refractivity contribution is 5.92. The van der Waals surface area contributed by atoms with Crippen molar-refractivity contribution in [3.63, 3.8) is 0 Å². The van der Waals surface area contributed by atoms with Crippen LogP contribution in [0.5, 0.6) is 0 Å². The van der Waals surface area contributed by atoms with Crippen molar-refractivity contribution in [3.8, 4) is 0 Å². The van der Waals surface area contributed by atoms with Crippen LogP contribution in [-0.4, -0.2) is 46.6 Å². The fourth-order valence-corrected chi connectivity index (χ4v) is 7.77. The molecule has 4 fully saturated rings. The molecule has 1 spiro atoms. The van der Waals surface area contributed by atoms with E-state index in [-0.39, 0.29) is 41.3 Å². The molecular weight excluding hydrogens is 372 g/mol. The van der Waals surface area contributed by atoms with Crippen molar-refractivity contribution in [2.24, 2.45) is 22.7 Å². The summed E-state index contributed by atoms with van der Waals surface area (Å²) in [6, 6.07) is 0. The first-order valence-electron chi connectivity index (χ1n) is 10.9. The highest BCUT2D eigenvalue weighted by Gasteiger charge is 2.81. The van der Waals surface area contributed by atoms with Gasteiger partial charge in [-0.3, -0.25) is 14.4 Å². The molecule has 158 valence electrons. The largest absolute Gasteiger partial charge is 0.458 e. The van der Waals surface area contributed by atoms with Gasteiger partial charge in [0.1, 0.15) is 11.2 Å². The van der Waals surface area contributed by atoms with E-state index in [1.54, 1.807) is 0 Å². The molecule has 1 heterocycles. The van der Waals surface area contributed by atoms with Gasteiger partial charge in [0.2, 0.25) is 5.78 Å². The highest BCUT2D eigenvalue weighted by Crippen LogP contribution is 2.76. The fourth-order valence-electron chi connectivity index (χ4n) is 7.77. The third-order valence-electron chi connectivity index (χ3n) is 9.35. The van der Waals surface area contributed by atoms with Crippen molar-refractivity contribution in [3.05, 3.63) is 11.6 Å². The van der Waals surface area contributed by atoms with Gasteiger partial charge in [0.15, 0.2) is 12.4 Å². The number of aliphatic hydroxyl groups is 1. The van der Waals surface area contributed by atoms with Gasteiger partial charge in [-0.2, -0.15) is 0 Å². The summed E-state index contributed by atoms with van der Waals surface area (Å²) >= 11 is 0. The number of rotatable bonds is 3. The lowest BCUT2D eigenvalue weighted by Gasteiger charge is -2.56. The second kappa shape index (κ2) is 5.79. The maximum Gasteiger partial charge on any atom is 0.303 e. The molecule has 1 N–H and O–H groups in total. The lowest BCUT2D eigenvalue weighted by Crippen LogP contribution is -2.62. The monoisotopic (exact) mass is 402 g/mol. The molecule has 1 aliphatic heterocycles. The van der Waals surface area contributed by atoms with E-state index in [1.807, 2.05) is 13.0 Å². The van der Waals surface area contributed by atoms with Gasteiger partial charge in [-0.05, 0) is 56.4 Å². The van der Waals surface area contributed by atoms with Crippen molar-refractivity contribution in [1.82, 2.24) is 0 Å². The lowest BCUT2D eigenvalue weighted by molar-refractivity contribution is -0.166. The van der Waals surface area contributed by atoms with Crippen molar-refractivity contribution >= 4 is 17.5 Å². The first-order valence-corrected chi connectivity index (χ1v) is 10.9. The first-order chi connectivity index (χ1) is 13.6. The van der Waals surface area contributed by atoms with Crippen LogP contribution >= 0.6 is 0 Å². The van der Waals surface area contributed by atoms with Crippen LogP contribution in [0.1, 0.15) is 65.7 Å². The predicted octanol–water partition coefficient (Wildman–Crippen LogP) is 2.51. The van der Waals surface area contributed by atoms with Gasteiger partial charge in [-0.1, -0.05) is 19.4 Å². The minimum Gasteiger partial charge on any atom is -0.458 e. The van der Waals surface area contributed by atoms with Crippen molar-refractivity contribution in [1.29, 1.82) is 0 Å². The molecule has 0 aromatic carbocycles. The van der Waals surface area contributed by atoms with Gasteiger partial charge < -0.3 is 14.6 Å². The zero-order valence-electron chi connectivity index (χ0n) is 17.5. The maximum absolute atomic E-state index is 12.9. The first kappa shape index (κ1) is 19.4. The summed E-state index contributed by atoms with van der Waals surface area (Å²) < 4.78 is 11.4. The average Bonchev–Trinajstić information content (AvgIpc) is 3.32. The van der Waals surface area contributed by atoms with E-state index in [9.17, 15) is 19.5 Å². The van der Waals surface area contributed by atoms with Crippen molar-refractivity contribution < 1.29 is 29.0 Å². The molecule has 3 saturated carbocycles.